The molecule has 0 radical (unpaired) electrons. The molecule has 0 bridgehead atoms. The van der Waals surface area contributed by atoms with Gasteiger partial charge in [-0.1, -0.05) is 24.3 Å². The van der Waals surface area contributed by atoms with Gasteiger partial charge in [-0.05, 0) is 36.2 Å². The Morgan fingerprint density at radius 3 is 2.85 bits per heavy atom. The van der Waals surface area contributed by atoms with Crippen molar-refractivity contribution in [2.45, 2.75) is 25.8 Å². The first-order valence-electron chi connectivity index (χ1n) is 11.5. The van der Waals surface area contributed by atoms with E-state index in [1.807, 2.05) is 65.1 Å². The fourth-order valence-electron chi connectivity index (χ4n) is 4.92. The van der Waals surface area contributed by atoms with Crippen molar-refractivity contribution >= 4 is 33.0 Å². The SMILES string of the molecule is Cn1c2c(cc(-c3csc4ccccc34)c1=O)CN(C(=O)CCc1cn3ccccc3n1)CC2. The van der Waals surface area contributed by atoms with Gasteiger partial charge in [-0.3, -0.25) is 9.59 Å². The van der Waals surface area contributed by atoms with Gasteiger partial charge in [-0.25, -0.2) is 4.98 Å². The van der Waals surface area contributed by atoms with Crippen molar-refractivity contribution in [1.82, 2.24) is 18.9 Å². The van der Waals surface area contributed by atoms with Crippen molar-refractivity contribution < 1.29 is 4.79 Å². The highest BCUT2D eigenvalue weighted by molar-refractivity contribution is 7.17. The molecule has 34 heavy (non-hydrogen) atoms. The van der Waals surface area contributed by atoms with Crippen molar-refractivity contribution in [3.63, 3.8) is 0 Å². The summed E-state index contributed by atoms with van der Waals surface area (Å²) in [5.41, 5.74) is 5.60. The number of benzene rings is 1. The number of amides is 1. The monoisotopic (exact) mass is 468 g/mol. The predicted octanol–water partition coefficient (Wildman–Crippen LogP) is 4.43. The van der Waals surface area contributed by atoms with E-state index in [9.17, 15) is 9.59 Å². The molecule has 0 fully saturated rings. The lowest BCUT2D eigenvalue weighted by Gasteiger charge is -2.30. The summed E-state index contributed by atoms with van der Waals surface area (Å²) in [5.74, 6) is 0.124. The van der Waals surface area contributed by atoms with Crippen molar-refractivity contribution in [1.29, 1.82) is 0 Å². The number of imidazole rings is 1. The number of carbonyl (C=O) groups excluding carboxylic acids is 1. The number of carbonyl (C=O) groups is 1. The molecule has 6 nitrogen and oxygen atoms in total. The van der Waals surface area contributed by atoms with Gasteiger partial charge in [0.25, 0.3) is 5.56 Å². The summed E-state index contributed by atoms with van der Waals surface area (Å²) in [4.78, 5) is 32.8. The number of nitrogens with zero attached hydrogens (tertiary/aromatic N) is 4. The highest BCUT2D eigenvalue weighted by Crippen LogP contribution is 2.33. The van der Waals surface area contributed by atoms with E-state index in [4.69, 9.17) is 0 Å². The molecule has 6 rings (SSSR count). The Hall–Kier alpha value is -3.71. The third-order valence-corrected chi connectivity index (χ3v) is 7.71. The van der Waals surface area contributed by atoms with E-state index in [0.29, 0.717) is 37.9 Å². The van der Waals surface area contributed by atoms with Crippen molar-refractivity contribution in [3.05, 3.63) is 93.6 Å². The maximum absolute atomic E-state index is 13.2. The van der Waals surface area contributed by atoms with Crippen LogP contribution >= 0.6 is 11.3 Å². The molecule has 5 heterocycles. The van der Waals surface area contributed by atoms with Crippen molar-refractivity contribution in [2.24, 2.45) is 7.05 Å². The Morgan fingerprint density at radius 2 is 1.97 bits per heavy atom. The van der Waals surface area contributed by atoms with E-state index in [2.05, 4.69) is 22.5 Å². The third-order valence-electron chi connectivity index (χ3n) is 6.74. The van der Waals surface area contributed by atoms with Crippen LogP contribution in [0.2, 0.25) is 0 Å². The minimum absolute atomic E-state index is 0.0222. The Kier molecular flexibility index (Phi) is 5.07. The summed E-state index contributed by atoms with van der Waals surface area (Å²) in [7, 11) is 1.85. The zero-order chi connectivity index (χ0) is 23.2. The molecule has 1 aromatic carbocycles. The van der Waals surface area contributed by atoms with Gasteiger partial charge >= 0.3 is 0 Å². The molecule has 0 atom stereocenters. The summed E-state index contributed by atoms with van der Waals surface area (Å²) in [6, 6.07) is 16.1. The molecule has 1 aliphatic heterocycles. The highest BCUT2D eigenvalue weighted by atomic mass is 32.1. The first kappa shape index (κ1) is 20.9. The van der Waals surface area contributed by atoms with Crippen molar-refractivity contribution in [3.8, 4) is 11.1 Å². The van der Waals surface area contributed by atoms with Gasteiger partial charge in [0.2, 0.25) is 5.91 Å². The molecule has 0 unspecified atom stereocenters. The minimum atomic E-state index is 0.0222. The molecule has 0 spiro atoms. The lowest BCUT2D eigenvalue weighted by molar-refractivity contribution is -0.132. The zero-order valence-corrected chi connectivity index (χ0v) is 19.7. The largest absolute Gasteiger partial charge is 0.338 e. The van der Waals surface area contributed by atoms with E-state index < -0.39 is 0 Å². The molecule has 7 heteroatoms. The summed E-state index contributed by atoms with van der Waals surface area (Å²) >= 11 is 1.65. The standard InChI is InChI=1S/C27H24N4O2S/c1-29-23-11-13-31(26(32)10-9-19-16-30-12-5-4-8-25(30)28-19)15-18(23)14-21(27(29)33)22-17-34-24-7-3-2-6-20(22)24/h2-8,12,14,16-17H,9-11,13,15H2,1H3. The van der Waals surface area contributed by atoms with Crippen LogP contribution in [-0.2, 0) is 31.2 Å². The average Bonchev–Trinajstić information content (AvgIpc) is 3.48. The van der Waals surface area contributed by atoms with Crippen molar-refractivity contribution in [2.75, 3.05) is 6.54 Å². The average molecular weight is 469 g/mol. The summed E-state index contributed by atoms with van der Waals surface area (Å²) in [5, 5.41) is 3.16. The lowest BCUT2D eigenvalue weighted by Crippen LogP contribution is -2.39. The van der Waals surface area contributed by atoms with Crippen LogP contribution < -0.4 is 5.56 Å². The van der Waals surface area contributed by atoms with E-state index in [0.717, 1.165) is 33.5 Å². The van der Waals surface area contributed by atoms with Crippen LogP contribution in [0.5, 0.6) is 0 Å². The molecule has 4 aromatic heterocycles. The molecule has 1 amide bonds. The van der Waals surface area contributed by atoms with Crippen LogP contribution in [0.15, 0.2) is 71.1 Å². The van der Waals surface area contributed by atoms with Crippen LogP contribution in [-0.4, -0.2) is 31.3 Å². The van der Waals surface area contributed by atoms with E-state index in [1.165, 1.54) is 4.70 Å². The maximum Gasteiger partial charge on any atom is 0.258 e. The lowest BCUT2D eigenvalue weighted by atomic mass is 9.98. The number of aryl methyl sites for hydroxylation is 1. The van der Waals surface area contributed by atoms with E-state index in [-0.39, 0.29) is 11.5 Å². The minimum Gasteiger partial charge on any atom is -0.338 e. The number of pyridine rings is 2. The summed E-state index contributed by atoms with van der Waals surface area (Å²) in [6.07, 6.45) is 5.68. The molecular weight excluding hydrogens is 444 g/mol. The number of hydrogen-bond donors (Lipinski definition) is 0. The van der Waals surface area contributed by atoms with Gasteiger partial charge < -0.3 is 13.9 Å². The second-order valence-electron chi connectivity index (χ2n) is 8.80. The molecule has 170 valence electrons. The summed E-state index contributed by atoms with van der Waals surface area (Å²) in [6.45, 7) is 1.16. The van der Waals surface area contributed by atoms with Gasteiger partial charge in [-0.2, -0.15) is 0 Å². The van der Waals surface area contributed by atoms with Gasteiger partial charge in [0.15, 0.2) is 0 Å². The molecule has 5 aromatic rings. The maximum atomic E-state index is 13.2. The first-order valence-corrected chi connectivity index (χ1v) is 12.4. The number of aromatic nitrogens is 3. The van der Waals surface area contributed by atoms with Crippen LogP contribution in [0.3, 0.4) is 0 Å². The van der Waals surface area contributed by atoms with Gasteiger partial charge in [0.1, 0.15) is 5.65 Å². The number of fused-ring (bicyclic) bond motifs is 3. The first-order chi connectivity index (χ1) is 16.6. The molecule has 0 saturated heterocycles. The fraction of sp³-hybridized carbons (Fsp3) is 0.222. The normalized spacial score (nSPS) is 13.5. The predicted molar refractivity (Wildman–Crippen MR) is 135 cm³/mol. The van der Waals surface area contributed by atoms with Gasteiger partial charge in [0, 0.05) is 77.7 Å². The Morgan fingerprint density at radius 1 is 1.12 bits per heavy atom. The van der Waals surface area contributed by atoms with Gasteiger partial charge in [-0.15, -0.1) is 11.3 Å². The van der Waals surface area contributed by atoms with Crippen LogP contribution in [0.25, 0.3) is 26.9 Å². The molecule has 0 aliphatic carbocycles. The second-order valence-corrected chi connectivity index (χ2v) is 9.71. The number of thiophene rings is 1. The van der Waals surface area contributed by atoms with Gasteiger partial charge in [0.05, 0.1) is 5.69 Å². The molecule has 0 saturated carbocycles. The van der Waals surface area contributed by atoms with Crippen LogP contribution in [0.4, 0.5) is 0 Å². The number of rotatable bonds is 4. The van der Waals surface area contributed by atoms with Crippen LogP contribution in [0, 0.1) is 0 Å². The third kappa shape index (κ3) is 3.53. The van der Waals surface area contributed by atoms with E-state index >= 15 is 0 Å². The smallest absolute Gasteiger partial charge is 0.258 e. The Balaban J connectivity index is 1.25. The molecular formula is C27H24N4O2S. The van der Waals surface area contributed by atoms with E-state index in [1.54, 1.807) is 15.9 Å². The quantitative estimate of drug-likeness (QED) is 0.392. The molecule has 0 N–H and O–H groups in total. The van der Waals surface area contributed by atoms with Crippen LogP contribution in [0.1, 0.15) is 23.4 Å². The Labute approximate surface area is 200 Å². The fourth-order valence-corrected chi connectivity index (χ4v) is 5.88. The number of hydrogen-bond acceptors (Lipinski definition) is 4. The summed E-state index contributed by atoms with van der Waals surface area (Å²) < 4.78 is 4.92. The zero-order valence-electron chi connectivity index (χ0n) is 18.9. The second kappa shape index (κ2) is 8.25. The highest BCUT2D eigenvalue weighted by Gasteiger charge is 2.25. The molecule has 1 aliphatic rings. The topological polar surface area (TPSA) is 59.6 Å². The Bertz CT molecular complexity index is 1580.